The molecule has 29 heavy (non-hydrogen) atoms. The maximum Gasteiger partial charge on any atom is 0.263 e. The van der Waals surface area contributed by atoms with Crippen LogP contribution in [0.15, 0.2) is 30.5 Å². The van der Waals surface area contributed by atoms with Crippen LogP contribution in [0, 0.1) is 6.92 Å². The van der Waals surface area contributed by atoms with Gasteiger partial charge >= 0.3 is 0 Å². The lowest BCUT2D eigenvalue weighted by atomic mass is 9.96. The molecule has 0 saturated carbocycles. The minimum Gasteiger partial charge on any atom is -0.481 e. The molecule has 2 atom stereocenters. The number of fused-ring (bicyclic) bond motifs is 1. The van der Waals surface area contributed by atoms with Crippen molar-refractivity contribution in [3.63, 3.8) is 0 Å². The molecule has 1 aromatic heterocycles. The molecule has 0 spiro atoms. The van der Waals surface area contributed by atoms with E-state index in [0.717, 1.165) is 50.5 Å². The van der Waals surface area contributed by atoms with Gasteiger partial charge in [-0.15, -0.1) is 0 Å². The molecule has 154 valence electrons. The number of aromatic nitrogens is 2. The van der Waals surface area contributed by atoms with Crippen LogP contribution in [0.4, 0.5) is 0 Å². The van der Waals surface area contributed by atoms with Crippen LogP contribution in [0.2, 0.25) is 0 Å². The summed E-state index contributed by atoms with van der Waals surface area (Å²) in [4.78, 5) is 26.7. The second-order valence-electron chi connectivity index (χ2n) is 8.38. The van der Waals surface area contributed by atoms with Crippen LogP contribution in [0.25, 0.3) is 0 Å². The van der Waals surface area contributed by atoms with Crippen molar-refractivity contribution in [2.45, 2.75) is 51.7 Å². The normalized spacial score (nSPS) is 20.8. The van der Waals surface area contributed by atoms with Crippen molar-refractivity contribution < 1.29 is 9.53 Å². The number of ether oxygens (including phenoxy) is 1. The van der Waals surface area contributed by atoms with Gasteiger partial charge in [-0.2, -0.15) is 0 Å². The predicted molar refractivity (Wildman–Crippen MR) is 112 cm³/mol. The number of rotatable bonds is 4. The highest BCUT2D eigenvalue weighted by Gasteiger charge is 2.30. The molecule has 0 unspecified atom stereocenters. The topological polar surface area (TPSA) is 58.6 Å². The summed E-state index contributed by atoms with van der Waals surface area (Å²) in [5.74, 6) is 1.85. The van der Waals surface area contributed by atoms with Gasteiger partial charge in [0, 0.05) is 56.0 Å². The maximum absolute atomic E-state index is 13.0. The SMILES string of the molecule is Cc1ccc(O[C@H](C)C(=O)N2CCC[C@@H](c3ncc4c(n3)CCN(C)C4)C2)cc1. The van der Waals surface area contributed by atoms with Gasteiger partial charge in [0.15, 0.2) is 6.10 Å². The van der Waals surface area contributed by atoms with Gasteiger partial charge in [0.05, 0.1) is 0 Å². The van der Waals surface area contributed by atoms with Crippen LogP contribution >= 0.6 is 0 Å². The zero-order valence-electron chi connectivity index (χ0n) is 17.6. The average Bonchev–Trinajstić information content (AvgIpc) is 2.74. The second-order valence-corrected chi connectivity index (χ2v) is 8.38. The number of hydrogen-bond acceptors (Lipinski definition) is 5. The van der Waals surface area contributed by atoms with Gasteiger partial charge in [-0.3, -0.25) is 4.79 Å². The number of carbonyl (C=O) groups excluding carboxylic acids is 1. The Kier molecular flexibility index (Phi) is 5.81. The van der Waals surface area contributed by atoms with Gasteiger partial charge in [0.25, 0.3) is 5.91 Å². The van der Waals surface area contributed by atoms with Crippen molar-refractivity contribution in [1.29, 1.82) is 0 Å². The van der Waals surface area contributed by atoms with E-state index in [9.17, 15) is 4.79 Å². The third-order valence-electron chi connectivity index (χ3n) is 5.92. The summed E-state index contributed by atoms with van der Waals surface area (Å²) in [7, 11) is 2.13. The molecule has 3 heterocycles. The van der Waals surface area contributed by atoms with E-state index in [-0.39, 0.29) is 11.8 Å². The number of aryl methyl sites for hydroxylation is 1. The van der Waals surface area contributed by atoms with Crippen LogP contribution in [-0.2, 0) is 17.8 Å². The number of nitrogens with zero attached hydrogens (tertiary/aromatic N) is 4. The summed E-state index contributed by atoms with van der Waals surface area (Å²) < 4.78 is 5.88. The van der Waals surface area contributed by atoms with Gasteiger partial charge in [0.1, 0.15) is 11.6 Å². The fraction of sp³-hybridized carbons (Fsp3) is 0.522. The lowest BCUT2D eigenvalue weighted by molar-refractivity contribution is -0.139. The molecule has 1 fully saturated rings. The van der Waals surface area contributed by atoms with Gasteiger partial charge in [-0.1, -0.05) is 17.7 Å². The Labute approximate surface area is 172 Å². The number of piperidine rings is 1. The quantitative estimate of drug-likeness (QED) is 0.798. The molecule has 1 saturated heterocycles. The molecule has 4 rings (SSSR count). The van der Waals surface area contributed by atoms with Crippen molar-refractivity contribution in [2.75, 3.05) is 26.7 Å². The fourth-order valence-corrected chi connectivity index (χ4v) is 4.19. The molecule has 0 N–H and O–H groups in total. The van der Waals surface area contributed by atoms with E-state index in [1.165, 1.54) is 16.8 Å². The van der Waals surface area contributed by atoms with Crippen molar-refractivity contribution in [1.82, 2.24) is 19.8 Å². The Bertz CT molecular complexity index is 868. The smallest absolute Gasteiger partial charge is 0.263 e. The highest BCUT2D eigenvalue weighted by molar-refractivity contribution is 5.81. The Balaban J connectivity index is 1.41. The lowest BCUT2D eigenvalue weighted by Gasteiger charge is -2.34. The Morgan fingerprint density at radius 1 is 1.24 bits per heavy atom. The second kappa shape index (κ2) is 8.49. The minimum atomic E-state index is -0.503. The molecular formula is C23H30N4O2. The highest BCUT2D eigenvalue weighted by atomic mass is 16.5. The maximum atomic E-state index is 13.0. The monoisotopic (exact) mass is 394 g/mol. The van der Waals surface area contributed by atoms with Crippen molar-refractivity contribution in [3.05, 3.63) is 53.1 Å². The third-order valence-corrected chi connectivity index (χ3v) is 5.92. The molecule has 6 heteroatoms. The van der Waals surface area contributed by atoms with Crippen molar-refractivity contribution in [2.24, 2.45) is 0 Å². The van der Waals surface area contributed by atoms with Crippen LogP contribution in [0.5, 0.6) is 5.75 Å². The number of amides is 1. The highest BCUT2D eigenvalue weighted by Crippen LogP contribution is 2.27. The van der Waals surface area contributed by atoms with E-state index in [0.29, 0.717) is 6.54 Å². The third kappa shape index (κ3) is 4.58. The summed E-state index contributed by atoms with van der Waals surface area (Å²) in [6.45, 7) is 7.25. The van der Waals surface area contributed by atoms with Crippen molar-refractivity contribution >= 4 is 5.91 Å². The Morgan fingerprint density at radius 3 is 2.83 bits per heavy atom. The Morgan fingerprint density at radius 2 is 2.03 bits per heavy atom. The van der Waals surface area contributed by atoms with Crippen LogP contribution in [0.1, 0.15) is 48.3 Å². The first-order valence-corrected chi connectivity index (χ1v) is 10.5. The molecule has 0 bridgehead atoms. The van der Waals surface area contributed by atoms with Gasteiger partial charge < -0.3 is 14.5 Å². The molecule has 0 radical (unpaired) electrons. The van der Waals surface area contributed by atoms with Gasteiger partial charge in [-0.05, 0) is 45.9 Å². The number of likely N-dealkylation sites (N-methyl/N-ethyl adjacent to an activating group) is 1. The summed E-state index contributed by atoms with van der Waals surface area (Å²) in [6.07, 6.45) is 4.44. The van der Waals surface area contributed by atoms with Crippen LogP contribution in [0.3, 0.4) is 0 Å². The van der Waals surface area contributed by atoms with Crippen LogP contribution < -0.4 is 4.74 Å². The summed E-state index contributed by atoms with van der Waals surface area (Å²) in [6, 6.07) is 7.82. The number of likely N-dealkylation sites (tertiary alicyclic amines) is 1. The summed E-state index contributed by atoms with van der Waals surface area (Å²) in [5.41, 5.74) is 3.57. The molecule has 1 amide bonds. The molecule has 6 nitrogen and oxygen atoms in total. The lowest BCUT2D eigenvalue weighted by Crippen LogP contribution is -2.45. The summed E-state index contributed by atoms with van der Waals surface area (Å²) >= 11 is 0. The molecule has 2 aromatic rings. The summed E-state index contributed by atoms with van der Waals surface area (Å²) in [5, 5.41) is 0. The predicted octanol–water partition coefficient (Wildman–Crippen LogP) is 2.95. The molecular weight excluding hydrogens is 364 g/mol. The first-order valence-electron chi connectivity index (χ1n) is 10.5. The minimum absolute atomic E-state index is 0.0369. The number of hydrogen-bond donors (Lipinski definition) is 0. The molecule has 1 aromatic carbocycles. The molecule has 0 aliphatic carbocycles. The van der Waals surface area contributed by atoms with E-state index in [1.54, 1.807) is 0 Å². The number of carbonyl (C=O) groups is 1. The Hall–Kier alpha value is -2.47. The first-order chi connectivity index (χ1) is 14.0. The van der Waals surface area contributed by atoms with Crippen molar-refractivity contribution in [3.8, 4) is 5.75 Å². The fourth-order valence-electron chi connectivity index (χ4n) is 4.19. The largest absolute Gasteiger partial charge is 0.481 e. The molecule has 2 aliphatic heterocycles. The van der Waals surface area contributed by atoms with Gasteiger partial charge in [0.2, 0.25) is 0 Å². The standard InChI is InChI=1S/C23H30N4O2/c1-16-6-8-20(9-7-16)29-17(2)23(28)27-11-4-5-18(15-27)22-24-13-19-14-26(3)12-10-21(19)25-22/h6-9,13,17-18H,4-5,10-12,14-15H2,1-3H3/t17-,18-/m1/s1. The first kappa shape index (κ1) is 19.8. The van der Waals surface area contributed by atoms with E-state index in [4.69, 9.17) is 9.72 Å². The van der Waals surface area contributed by atoms with Crippen LogP contribution in [-0.4, -0.2) is 58.5 Å². The average molecular weight is 395 g/mol. The zero-order chi connectivity index (χ0) is 20.4. The van der Waals surface area contributed by atoms with E-state index < -0.39 is 6.10 Å². The number of benzene rings is 1. The van der Waals surface area contributed by atoms with E-state index in [1.807, 2.05) is 49.2 Å². The zero-order valence-corrected chi connectivity index (χ0v) is 17.6. The van der Waals surface area contributed by atoms with E-state index in [2.05, 4.69) is 16.9 Å². The molecule has 2 aliphatic rings. The van der Waals surface area contributed by atoms with Gasteiger partial charge in [-0.25, -0.2) is 9.97 Å². The van der Waals surface area contributed by atoms with E-state index >= 15 is 0 Å².